The van der Waals surface area contributed by atoms with Crippen LogP contribution in [0.3, 0.4) is 0 Å². The summed E-state index contributed by atoms with van der Waals surface area (Å²) >= 11 is 0. The second-order valence-electron chi connectivity index (χ2n) is 4.49. The molecular weight excluding hydrogens is 160 g/mol. The van der Waals surface area contributed by atoms with Crippen LogP contribution in [0.1, 0.15) is 25.7 Å². The molecule has 2 spiro atoms. The molecule has 2 saturated carbocycles. The normalized spacial score (nSPS) is 38.5. The second kappa shape index (κ2) is 1.69. The first-order valence-corrected chi connectivity index (χ1v) is 4.75. The predicted molar refractivity (Wildman–Crippen MR) is 41.2 cm³/mol. The second-order valence-corrected chi connectivity index (χ2v) is 4.49. The SMILES string of the molecule is FC1(F)C2(CCNCC2)C12CC2. The van der Waals surface area contributed by atoms with Crippen molar-refractivity contribution in [1.82, 2.24) is 5.32 Å². The number of piperidine rings is 1. The number of hydrogen-bond acceptors (Lipinski definition) is 1. The number of alkyl halides is 2. The van der Waals surface area contributed by atoms with Crippen molar-refractivity contribution in [3.63, 3.8) is 0 Å². The van der Waals surface area contributed by atoms with Crippen LogP contribution in [0.25, 0.3) is 0 Å². The largest absolute Gasteiger partial charge is 0.317 e. The van der Waals surface area contributed by atoms with E-state index in [0.29, 0.717) is 12.8 Å². The molecule has 0 atom stereocenters. The zero-order chi connectivity index (χ0) is 8.45. The molecule has 0 unspecified atom stereocenters. The van der Waals surface area contributed by atoms with E-state index in [-0.39, 0.29) is 0 Å². The van der Waals surface area contributed by atoms with Crippen LogP contribution in [-0.4, -0.2) is 19.0 Å². The molecule has 3 rings (SSSR count). The smallest absolute Gasteiger partial charge is 0.260 e. The molecule has 1 saturated heterocycles. The third-order valence-electron chi connectivity index (χ3n) is 4.26. The minimum absolute atomic E-state index is 0.512. The molecule has 0 bridgehead atoms. The molecule has 0 aromatic rings. The van der Waals surface area contributed by atoms with E-state index in [9.17, 15) is 8.78 Å². The molecule has 1 N–H and O–H groups in total. The fourth-order valence-electron chi connectivity index (χ4n) is 3.30. The Kier molecular flexibility index (Phi) is 1.02. The molecule has 12 heavy (non-hydrogen) atoms. The fourth-order valence-corrected chi connectivity index (χ4v) is 3.30. The molecule has 3 fully saturated rings. The first kappa shape index (κ1) is 7.25. The average molecular weight is 173 g/mol. The van der Waals surface area contributed by atoms with Gasteiger partial charge in [0.1, 0.15) is 0 Å². The molecule has 1 aliphatic heterocycles. The number of fused-ring (bicyclic) bond motifs is 1. The van der Waals surface area contributed by atoms with Crippen LogP contribution in [0.4, 0.5) is 8.78 Å². The number of nitrogens with one attached hydrogen (secondary N) is 1. The summed E-state index contributed by atoms with van der Waals surface area (Å²) in [5.41, 5.74) is -1.08. The lowest BCUT2D eigenvalue weighted by atomic mass is 9.90. The summed E-state index contributed by atoms with van der Waals surface area (Å²) in [6.07, 6.45) is 2.94. The molecular formula is C9H13F2N. The van der Waals surface area contributed by atoms with Crippen LogP contribution in [0.2, 0.25) is 0 Å². The Morgan fingerprint density at radius 2 is 1.33 bits per heavy atom. The van der Waals surface area contributed by atoms with Gasteiger partial charge in [-0.05, 0) is 38.8 Å². The van der Waals surface area contributed by atoms with Gasteiger partial charge in [0.15, 0.2) is 0 Å². The molecule has 3 aliphatic rings. The minimum Gasteiger partial charge on any atom is -0.317 e. The summed E-state index contributed by atoms with van der Waals surface area (Å²) in [5.74, 6) is -2.32. The molecule has 0 radical (unpaired) electrons. The number of halogens is 2. The average Bonchev–Trinajstić information content (AvgIpc) is 2.91. The summed E-state index contributed by atoms with van der Waals surface area (Å²) in [6, 6.07) is 0. The summed E-state index contributed by atoms with van der Waals surface area (Å²) < 4.78 is 27.0. The van der Waals surface area contributed by atoms with Crippen LogP contribution in [0.5, 0.6) is 0 Å². The summed E-state index contributed by atoms with van der Waals surface area (Å²) in [7, 11) is 0. The first-order chi connectivity index (χ1) is 5.66. The quantitative estimate of drug-likeness (QED) is 0.589. The van der Waals surface area contributed by atoms with Crippen molar-refractivity contribution in [3.8, 4) is 0 Å². The van der Waals surface area contributed by atoms with Gasteiger partial charge in [0.2, 0.25) is 0 Å². The molecule has 3 heteroatoms. The lowest BCUT2D eigenvalue weighted by molar-refractivity contribution is 0.0447. The maximum Gasteiger partial charge on any atom is 0.260 e. The van der Waals surface area contributed by atoms with Crippen molar-refractivity contribution in [2.24, 2.45) is 10.8 Å². The Balaban J connectivity index is 1.93. The van der Waals surface area contributed by atoms with Crippen LogP contribution >= 0.6 is 0 Å². The minimum atomic E-state index is -2.32. The van der Waals surface area contributed by atoms with Crippen molar-refractivity contribution >= 4 is 0 Å². The first-order valence-electron chi connectivity index (χ1n) is 4.75. The van der Waals surface area contributed by atoms with E-state index < -0.39 is 16.8 Å². The Morgan fingerprint density at radius 3 is 1.75 bits per heavy atom. The van der Waals surface area contributed by atoms with Gasteiger partial charge < -0.3 is 5.32 Å². The van der Waals surface area contributed by atoms with Crippen LogP contribution in [0, 0.1) is 10.8 Å². The lowest BCUT2D eigenvalue weighted by Gasteiger charge is -2.22. The van der Waals surface area contributed by atoms with E-state index in [4.69, 9.17) is 0 Å². The van der Waals surface area contributed by atoms with Gasteiger partial charge in [-0.2, -0.15) is 0 Å². The zero-order valence-corrected chi connectivity index (χ0v) is 7.00. The number of hydrogen-bond donors (Lipinski definition) is 1. The zero-order valence-electron chi connectivity index (χ0n) is 7.00. The van der Waals surface area contributed by atoms with Crippen molar-refractivity contribution in [2.45, 2.75) is 31.6 Å². The highest BCUT2D eigenvalue weighted by Gasteiger charge is 2.94. The van der Waals surface area contributed by atoms with Crippen molar-refractivity contribution < 1.29 is 8.78 Å². The highest BCUT2D eigenvalue weighted by Crippen LogP contribution is 2.89. The lowest BCUT2D eigenvalue weighted by Crippen LogP contribution is -2.32. The number of rotatable bonds is 0. The monoisotopic (exact) mass is 173 g/mol. The van der Waals surface area contributed by atoms with Gasteiger partial charge >= 0.3 is 0 Å². The summed E-state index contributed by atoms with van der Waals surface area (Å²) in [5, 5.41) is 3.15. The molecule has 0 aromatic heterocycles. The Morgan fingerprint density at radius 1 is 0.833 bits per heavy atom. The highest BCUT2D eigenvalue weighted by molar-refractivity contribution is 5.35. The third kappa shape index (κ3) is 0.482. The fraction of sp³-hybridized carbons (Fsp3) is 1.00. The summed E-state index contributed by atoms with van der Waals surface area (Å²) in [6.45, 7) is 1.58. The van der Waals surface area contributed by atoms with E-state index in [1.165, 1.54) is 0 Å². The van der Waals surface area contributed by atoms with Crippen molar-refractivity contribution in [3.05, 3.63) is 0 Å². The van der Waals surface area contributed by atoms with Gasteiger partial charge in [-0.25, -0.2) is 8.78 Å². The van der Waals surface area contributed by atoms with Gasteiger partial charge in [-0.15, -0.1) is 0 Å². The van der Waals surface area contributed by atoms with Crippen LogP contribution in [-0.2, 0) is 0 Å². The molecule has 1 heterocycles. The topological polar surface area (TPSA) is 12.0 Å². The predicted octanol–water partition coefficient (Wildman–Crippen LogP) is 1.79. The maximum absolute atomic E-state index is 13.5. The Bertz CT molecular complexity index is 221. The van der Waals surface area contributed by atoms with Gasteiger partial charge in [0, 0.05) is 10.8 Å². The van der Waals surface area contributed by atoms with Gasteiger partial charge in [0.25, 0.3) is 5.92 Å². The van der Waals surface area contributed by atoms with E-state index in [2.05, 4.69) is 5.32 Å². The standard InChI is InChI=1S/C9H13F2N/c10-9(11)7(1-2-7)8(9)3-5-12-6-4-8/h12H,1-6H2. The van der Waals surface area contributed by atoms with E-state index in [0.717, 1.165) is 25.9 Å². The van der Waals surface area contributed by atoms with Gasteiger partial charge in [0.05, 0.1) is 0 Å². The third-order valence-corrected chi connectivity index (χ3v) is 4.26. The van der Waals surface area contributed by atoms with Crippen molar-refractivity contribution in [1.29, 1.82) is 0 Å². The molecule has 1 nitrogen and oxygen atoms in total. The molecule has 68 valence electrons. The van der Waals surface area contributed by atoms with Gasteiger partial charge in [-0.1, -0.05) is 0 Å². The summed E-state index contributed by atoms with van der Waals surface area (Å²) in [4.78, 5) is 0. The van der Waals surface area contributed by atoms with Gasteiger partial charge in [-0.3, -0.25) is 0 Å². The van der Waals surface area contributed by atoms with E-state index >= 15 is 0 Å². The highest BCUT2D eigenvalue weighted by atomic mass is 19.3. The van der Waals surface area contributed by atoms with E-state index in [1.807, 2.05) is 0 Å². The van der Waals surface area contributed by atoms with Crippen molar-refractivity contribution in [2.75, 3.05) is 13.1 Å². The molecule has 0 aromatic carbocycles. The maximum atomic E-state index is 13.5. The van der Waals surface area contributed by atoms with Crippen LogP contribution < -0.4 is 5.32 Å². The molecule has 2 aliphatic carbocycles. The molecule has 0 amide bonds. The Labute approximate surface area is 70.5 Å². The Hall–Kier alpha value is -0.180. The van der Waals surface area contributed by atoms with E-state index in [1.54, 1.807) is 0 Å². The van der Waals surface area contributed by atoms with Crippen LogP contribution in [0.15, 0.2) is 0 Å².